The summed E-state index contributed by atoms with van der Waals surface area (Å²) in [5.74, 6) is 0.990. The van der Waals surface area contributed by atoms with Crippen LogP contribution in [0.2, 0.25) is 0 Å². The number of pyridine rings is 1. The molecule has 3 aromatic heterocycles. The summed E-state index contributed by atoms with van der Waals surface area (Å²) in [5.41, 5.74) is 5.12. The molecular weight excluding hydrogens is 368 g/mol. The molecule has 0 saturated heterocycles. The predicted octanol–water partition coefficient (Wildman–Crippen LogP) is 3.98. The van der Waals surface area contributed by atoms with Crippen LogP contribution in [0.25, 0.3) is 22.4 Å². The molecule has 0 bridgehead atoms. The van der Waals surface area contributed by atoms with Gasteiger partial charge < -0.3 is 14.5 Å². The van der Waals surface area contributed by atoms with Gasteiger partial charge in [-0.25, -0.2) is 9.97 Å². The van der Waals surface area contributed by atoms with Gasteiger partial charge in [-0.1, -0.05) is 0 Å². The quantitative estimate of drug-likeness (QED) is 0.545. The smallest absolute Gasteiger partial charge is 0.231 e. The third-order valence-corrected chi connectivity index (χ3v) is 5.25. The molecule has 0 aliphatic heterocycles. The summed E-state index contributed by atoms with van der Waals surface area (Å²) in [6, 6.07) is 10.2. The van der Waals surface area contributed by atoms with Crippen LogP contribution >= 0.6 is 0 Å². The first-order chi connectivity index (χ1) is 14.3. The molecule has 0 fully saturated rings. The number of nitrogens with zero attached hydrogens (tertiary/aromatic N) is 4. The summed E-state index contributed by atoms with van der Waals surface area (Å²) >= 11 is 0. The fourth-order valence-corrected chi connectivity index (χ4v) is 3.89. The fraction of sp³-hybridized carbons (Fsp3) is 0.238. The van der Waals surface area contributed by atoms with Crippen molar-refractivity contribution in [1.29, 1.82) is 5.26 Å². The standard InChI is InChI=1S/C21H18N6O2/c1-28-21-13(9-22)7-12-3-2-4-17(19(12)25-21)24-14-5-6-16-15(8-14)20(27-26-16)18-10-23-11-29-18/h5-8,10-11,17,24H,2-4H2,1H3,(H,26,27)/t17-/m0/s1. The molecule has 1 aliphatic carbocycles. The molecule has 8 heteroatoms. The Labute approximate surface area is 166 Å². The first kappa shape index (κ1) is 17.3. The molecule has 2 N–H and O–H groups in total. The topological polar surface area (TPSA) is 113 Å². The van der Waals surface area contributed by atoms with Gasteiger partial charge in [-0.15, -0.1) is 0 Å². The van der Waals surface area contributed by atoms with Crippen molar-refractivity contribution in [2.24, 2.45) is 0 Å². The van der Waals surface area contributed by atoms with E-state index in [1.54, 1.807) is 13.3 Å². The predicted molar refractivity (Wildman–Crippen MR) is 106 cm³/mol. The first-order valence-electron chi connectivity index (χ1n) is 9.38. The van der Waals surface area contributed by atoms with Crippen LogP contribution in [0.4, 0.5) is 5.69 Å². The number of fused-ring (bicyclic) bond motifs is 2. The minimum Gasteiger partial charge on any atom is -0.480 e. The molecule has 1 aliphatic rings. The number of H-pyrrole nitrogens is 1. The number of nitrogens with one attached hydrogen (secondary N) is 2. The highest BCUT2D eigenvalue weighted by molar-refractivity contribution is 5.93. The highest BCUT2D eigenvalue weighted by atomic mass is 16.5. The van der Waals surface area contributed by atoms with Crippen molar-refractivity contribution in [2.45, 2.75) is 25.3 Å². The zero-order chi connectivity index (χ0) is 19.8. The lowest BCUT2D eigenvalue weighted by atomic mass is 9.90. The molecule has 5 rings (SSSR count). The van der Waals surface area contributed by atoms with Crippen molar-refractivity contribution in [3.8, 4) is 23.4 Å². The molecule has 4 aromatic rings. The summed E-state index contributed by atoms with van der Waals surface area (Å²) in [6.07, 6.45) is 5.94. The Balaban J connectivity index is 1.51. The van der Waals surface area contributed by atoms with Gasteiger partial charge in [-0.05, 0) is 49.1 Å². The molecule has 0 spiro atoms. The second-order valence-corrected chi connectivity index (χ2v) is 6.99. The maximum atomic E-state index is 9.33. The lowest BCUT2D eigenvalue weighted by Crippen LogP contribution is -2.19. The summed E-state index contributed by atoms with van der Waals surface area (Å²) in [6.45, 7) is 0. The highest BCUT2D eigenvalue weighted by Crippen LogP contribution is 2.35. The fourth-order valence-electron chi connectivity index (χ4n) is 3.89. The molecule has 1 aromatic carbocycles. The molecule has 29 heavy (non-hydrogen) atoms. The molecule has 0 radical (unpaired) electrons. The molecule has 0 amide bonds. The Kier molecular flexibility index (Phi) is 4.13. The lowest BCUT2D eigenvalue weighted by Gasteiger charge is -2.27. The van der Waals surface area contributed by atoms with E-state index < -0.39 is 0 Å². The zero-order valence-electron chi connectivity index (χ0n) is 15.8. The van der Waals surface area contributed by atoms with E-state index in [-0.39, 0.29) is 6.04 Å². The van der Waals surface area contributed by atoms with Crippen LogP contribution in [-0.2, 0) is 6.42 Å². The Morgan fingerprint density at radius 3 is 3.07 bits per heavy atom. The molecule has 3 heterocycles. The lowest BCUT2D eigenvalue weighted by molar-refractivity contribution is 0.391. The Morgan fingerprint density at radius 2 is 2.28 bits per heavy atom. The van der Waals surface area contributed by atoms with Gasteiger partial charge in [0.1, 0.15) is 17.3 Å². The van der Waals surface area contributed by atoms with Crippen molar-refractivity contribution in [3.63, 3.8) is 0 Å². The average Bonchev–Trinajstić information content (AvgIpc) is 3.42. The number of anilines is 1. The third-order valence-electron chi connectivity index (χ3n) is 5.25. The van der Waals surface area contributed by atoms with Crippen LogP contribution in [0, 0.1) is 11.3 Å². The molecule has 0 unspecified atom stereocenters. The van der Waals surface area contributed by atoms with E-state index in [1.165, 1.54) is 6.39 Å². The third kappa shape index (κ3) is 2.97. The monoisotopic (exact) mass is 386 g/mol. The van der Waals surface area contributed by atoms with Crippen LogP contribution in [0.3, 0.4) is 0 Å². The Morgan fingerprint density at radius 1 is 1.34 bits per heavy atom. The number of aryl methyl sites for hydroxylation is 1. The summed E-state index contributed by atoms with van der Waals surface area (Å²) in [4.78, 5) is 8.62. The molecular formula is C21H18N6O2. The number of aromatic amines is 1. The van der Waals surface area contributed by atoms with Gasteiger partial charge in [0, 0.05) is 11.1 Å². The van der Waals surface area contributed by atoms with Gasteiger partial charge >= 0.3 is 0 Å². The van der Waals surface area contributed by atoms with E-state index in [4.69, 9.17) is 9.15 Å². The highest BCUT2D eigenvalue weighted by Gasteiger charge is 2.24. The maximum absolute atomic E-state index is 9.33. The maximum Gasteiger partial charge on any atom is 0.231 e. The Bertz CT molecular complexity index is 1220. The van der Waals surface area contributed by atoms with E-state index in [9.17, 15) is 5.26 Å². The minimum atomic E-state index is 0.0403. The molecule has 8 nitrogen and oxygen atoms in total. The number of hydrogen-bond donors (Lipinski definition) is 2. The van der Waals surface area contributed by atoms with E-state index in [0.29, 0.717) is 17.2 Å². The van der Waals surface area contributed by atoms with Crippen LogP contribution in [0.15, 0.2) is 41.3 Å². The van der Waals surface area contributed by atoms with E-state index in [1.807, 2.05) is 24.3 Å². The Hall–Kier alpha value is -3.86. The van der Waals surface area contributed by atoms with Crippen LogP contribution < -0.4 is 10.1 Å². The second kappa shape index (κ2) is 6.95. The zero-order valence-corrected chi connectivity index (χ0v) is 15.8. The molecule has 1 atom stereocenters. The summed E-state index contributed by atoms with van der Waals surface area (Å²) in [7, 11) is 1.54. The van der Waals surface area contributed by atoms with Gasteiger partial charge in [0.2, 0.25) is 5.88 Å². The summed E-state index contributed by atoms with van der Waals surface area (Å²) in [5, 5.41) is 21.3. The second-order valence-electron chi connectivity index (χ2n) is 6.99. The first-order valence-corrected chi connectivity index (χ1v) is 9.38. The van der Waals surface area contributed by atoms with Crippen molar-refractivity contribution < 1.29 is 9.15 Å². The van der Waals surface area contributed by atoms with E-state index >= 15 is 0 Å². The number of oxazole rings is 1. The van der Waals surface area contributed by atoms with Crippen molar-refractivity contribution in [2.75, 3.05) is 12.4 Å². The number of methoxy groups -OCH3 is 1. The van der Waals surface area contributed by atoms with Gasteiger partial charge in [0.15, 0.2) is 12.2 Å². The average molecular weight is 386 g/mol. The van der Waals surface area contributed by atoms with Crippen LogP contribution in [-0.4, -0.2) is 27.3 Å². The largest absolute Gasteiger partial charge is 0.480 e. The SMILES string of the molecule is COc1nc2c(cc1C#N)CCC[C@@H]2Nc1ccc2[nH]nc(-c3cnco3)c2c1. The van der Waals surface area contributed by atoms with Crippen molar-refractivity contribution in [3.05, 3.63) is 53.7 Å². The number of nitriles is 1. The summed E-state index contributed by atoms with van der Waals surface area (Å²) < 4.78 is 10.7. The molecule has 144 valence electrons. The van der Waals surface area contributed by atoms with Crippen molar-refractivity contribution >= 4 is 16.6 Å². The van der Waals surface area contributed by atoms with E-state index in [0.717, 1.165) is 52.8 Å². The minimum absolute atomic E-state index is 0.0403. The van der Waals surface area contributed by atoms with E-state index in [2.05, 4.69) is 31.6 Å². The van der Waals surface area contributed by atoms with Gasteiger partial charge in [-0.3, -0.25) is 5.10 Å². The number of benzene rings is 1. The van der Waals surface area contributed by atoms with Crippen LogP contribution in [0.1, 0.15) is 35.7 Å². The number of rotatable bonds is 4. The van der Waals surface area contributed by atoms with Gasteiger partial charge in [0.25, 0.3) is 0 Å². The number of hydrogen-bond acceptors (Lipinski definition) is 7. The molecule has 0 saturated carbocycles. The van der Waals surface area contributed by atoms with Gasteiger partial charge in [-0.2, -0.15) is 10.4 Å². The van der Waals surface area contributed by atoms with Crippen molar-refractivity contribution in [1.82, 2.24) is 20.2 Å². The van der Waals surface area contributed by atoms with Gasteiger partial charge in [0.05, 0.1) is 30.6 Å². The number of aromatic nitrogens is 4. The van der Waals surface area contributed by atoms with Crippen LogP contribution in [0.5, 0.6) is 5.88 Å². The number of ether oxygens (including phenoxy) is 1. The normalized spacial score (nSPS) is 15.7.